The summed E-state index contributed by atoms with van der Waals surface area (Å²) < 4.78 is 6.68. The zero-order chi connectivity index (χ0) is 15.4. The minimum atomic E-state index is -0.0730. The number of ether oxygens (including phenoxy) is 1. The zero-order valence-electron chi connectivity index (χ0n) is 12.7. The monoisotopic (exact) mass is 319 g/mol. The lowest BCUT2D eigenvalue weighted by molar-refractivity contribution is 0.101. The first kappa shape index (κ1) is 15.2. The summed E-state index contributed by atoms with van der Waals surface area (Å²) in [5.41, 5.74) is 3.59. The summed E-state index contributed by atoms with van der Waals surface area (Å²) in [6.07, 6.45) is 4.73. The molecule has 118 valence electrons. The van der Waals surface area contributed by atoms with Crippen LogP contribution in [0.1, 0.15) is 25.7 Å². The van der Waals surface area contributed by atoms with Crippen molar-refractivity contribution in [2.75, 3.05) is 25.5 Å². The van der Waals surface area contributed by atoms with E-state index in [1.54, 1.807) is 16.2 Å². The van der Waals surface area contributed by atoms with E-state index in [2.05, 4.69) is 10.3 Å². The van der Waals surface area contributed by atoms with E-state index in [4.69, 9.17) is 4.74 Å². The maximum atomic E-state index is 12.2. The van der Waals surface area contributed by atoms with Crippen LogP contribution in [-0.4, -0.2) is 42.2 Å². The number of fused-ring (bicyclic) bond motifs is 1. The molecule has 1 aromatic heterocycles. The van der Waals surface area contributed by atoms with Crippen molar-refractivity contribution in [3.8, 4) is 0 Å². The normalized spacial score (nSPS) is 17.8. The molecule has 1 fully saturated rings. The minimum absolute atomic E-state index is 0.0730. The van der Waals surface area contributed by atoms with Gasteiger partial charge in [-0.25, -0.2) is 9.78 Å². The van der Waals surface area contributed by atoms with Crippen LogP contribution in [0, 0.1) is 0 Å². The Hall–Kier alpha value is -1.66. The molecule has 6 heteroatoms. The summed E-state index contributed by atoms with van der Waals surface area (Å²) in [4.78, 5) is 18.1. The minimum Gasteiger partial charge on any atom is -0.378 e. The highest BCUT2D eigenvalue weighted by Crippen LogP contribution is 2.22. The molecule has 1 atom stereocenters. The average molecular weight is 319 g/mol. The van der Waals surface area contributed by atoms with Gasteiger partial charge in [-0.2, -0.15) is 0 Å². The van der Waals surface area contributed by atoms with E-state index in [1.807, 2.05) is 30.8 Å². The number of carbonyl (C=O) groups is 1. The molecule has 3 rings (SSSR count). The Labute approximate surface area is 134 Å². The third-order valence-corrected chi connectivity index (χ3v) is 4.76. The molecular formula is C16H21N3O2S. The molecule has 22 heavy (non-hydrogen) atoms. The molecule has 2 aromatic rings. The van der Waals surface area contributed by atoms with Crippen molar-refractivity contribution in [3.05, 3.63) is 23.7 Å². The molecular weight excluding hydrogens is 298 g/mol. The van der Waals surface area contributed by atoms with Gasteiger partial charge in [-0.15, -0.1) is 11.3 Å². The second-order valence-electron chi connectivity index (χ2n) is 5.66. The van der Waals surface area contributed by atoms with E-state index >= 15 is 0 Å². The second kappa shape index (κ2) is 7.07. The van der Waals surface area contributed by atoms with Gasteiger partial charge in [-0.05, 0) is 43.9 Å². The first-order valence-electron chi connectivity index (χ1n) is 7.69. The molecule has 1 unspecified atom stereocenters. The molecule has 1 aromatic carbocycles. The van der Waals surface area contributed by atoms with Crippen LogP contribution in [0.3, 0.4) is 0 Å². The largest absolute Gasteiger partial charge is 0.378 e. The Bertz CT molecular complexity index is 637. The van der Waals surface area contributed by atoms with Crippen LogP contribution in [0.2, 0.25) is 0 Å². The molecule has 1 saturated heterocycles. The zero-order valence-corrected chi connectivity index (χ0v) is 13.6. The van der Waals surface area contributed by atoms with E-state index in [0.29, 0.717) is 6.10 Å². The van der Waals surface area contributed by atoms with Gasteiger partial charge >= 0.3 is 6.03 Å². The van der Waals surface area contributed by atoms with Gasteiger partial charge in [0.15, 0.2) is 0 Å². The van der Waals surface area contributed by atoms with Crippen molar-refractivity contribution in [2.45, 2.75) is 31.8 Å². The van der Waals surface area contributed by atoms with Gasteiger partial charge in [0, 0.05) is 25.9 Å². The number of hydrogen-bond donors (Lipinski definition) is 1. The summed E-state index contributed by atoms with van der Waals surface area (Å²) in [5, 5.41) is 2.94. The number of rotatable bonds is 5. The Kier molecular flexibility index (Phi) is 4.90. The van der Waals surface area contributed by atoms with Crippen molar-refractivity contribution in [1.82, 2.24) is 9.88 Å². The molecule has 1 aliphatic rings. The molecule has 0 bridgehead atoms. The molecule has 0 spiro atoms. The fraction of sp³-hybridized carbons (Fsp3) is 0.500. The van der Waals surface area contributed by atoms with Crippen LogP contribution in [-0.2, 0) is 4.74 Å². The summed E-state index contributed by atoms with van der Waals surface area (Å²) in [6, 6.07) is 5.71. The smallest absolute Gasteiger partial charge is 0.321 e. The number of nitrogens with one attached hydrogen (secondary N) is 1. The molecule has 2 heterocycles. The van der Waals surface area contributed by atoms with Gasteiger partial charge in [-0.1, -0.05) is 0 Å². The molecule has 0 radical (unpaired) electrons. The van der Waals surface area contributed by atoms with Crippen LogP contribution in [0.15, 0.2) is 23.7 Å². The van der Waals surface area contributed by atoms with Gasteiger partial charge in [-0.3, -0.25) is 0 Å². The highest BCUT2D eigenvalue weighted by atomic mass is 32.1. The molecule has 5 nitrogen and oxygen atoms in total. The van der Waals surface area contributed by atoms with E-state index < -0.39 is 0 Å². The predicted molar refractivity (Wildman–Crippen MR) is 89.5 cm³/mol. The van der Waals surface area contributed by atoms with Crippen LogP contribution in [0.5, 0.6) is 0 Å². The Balaban J connectivity index is 1.47. The Morgan fingerprint density at radius 2 is 2.45 bits per heavy atom. The fourth-order valence-electron chi connectivity index (χ4n) is 2.68. The lowest BCUT2D eigenvalue weighted by Crippen LogP contribution is -2.32. The number of amides is 2. The number of aromatic nitrogens is 1. The van der Waals surface area contributed by atoms with E-state index in [9.17, 15) is 4.79 Å². The maximum absolute atomic E-state index is 12.2. The average Bonchev–Trinajstić information content (AvgIpc) is 3.17. The molecule has 1 N–H and O–H groups in total. The molecule has 0 saturated carbocycles. The third kappa shape index (κ3) is 3.75. The standard InChI is InChI=1S/C16H21N3O2S/c1-19(8-2-4-13-5-3-9-21-13)16(20)18-12-6-7-14-15(10-12)22-11-17-14/h6-7,10-11,13H,2-5,8-9H2,1H3,(H,18,20). The first-order valence-corrected chi connectivity index (χ1v) is 8.57. The number of nitrogens with zero attached hydrogens (tertiary/aromatic N) is 2. The van der Waals surface area contributed by atoms with E-state index in [1.165, 1.54) is 6.42 Å². The number of carbonyl (C=O) groups excluding carboxylic acids is 1. The van der Waals surface area contributed by atoms with Gasteiger partial charge in [0.25, 0.3) is 0 Å². The lowest BCUT2D eigenvalue weighted by Gasteiger charge is -2.19. The molecule has 0 aliphatic carbocycles. The van der Waals surface area contributed by atoms with Crippen molar-refractivity contribution < 1.29 is 9.53 Å². The molecule has 1 aliphatic heterocycles. The summed E-state index contributed by atoms with van der Waals surface area (Å²) in [7, 11) is 1.83. The SMILES string of the molecule is CN(CCCC1CCCO1)C(=O)Nc1ccc2ncsc2c1. The quantitative estimate of drug-likeness (QED) is 0.914. The third-order valence-electron chi connectivity index (χ3n) is 3.97. The number of benzene rings is 1. The van der Waals surface area contributed by atoms with E-state index in [-0.39, 0.29) is 6.03 Å². The van der Waals surface area contributed by atoms with Crippen molar-refractivity contribution >= 4 is 33.3 Å². The van der Waals surface area contributed by atoms with Gasteiger partial charge in [0.1, 0.15) is 0 Å². The molecule has 2 amide bonds. The van der Waals surface area contributed by atoms with Gasteiger partial charge in [0.05, 0.1) is 21.8 Å². The highest BCUT2D eigenvalue weighted by Gasteiger charge is 2.16. The highest BCUT2D eigenvalue weighted by molar-refractivity contribution is 7.16. The Morgan fingerprint density at radius 1 is 1.55 bits per heavy atom. The number of hydrogen-bond acceptors (Lipinski definition) is 4. The maximum Gasteiger partial charge on any atom is 0.321 e. The van der Waals surface area contributed by atoms with Gasteiger partial charge < -0.3 is 15.0 Å². The van der Waals surface area contributed by atoms with E-state index in [0.717, 1.165) is 48.3 Å². The predicted octanol–water partition coefficient (Wildman–Crippen LogP) is 3.72. The van der Waals surface area contributed by atoms with Gasteiger partial charge in [0.2, 0.25) is 0 Å². The lowest BCUT2D eigenvalue weighted by atomic mass is 10.1. The van der Waals surface area contributed by atoms with Crippen LogP contribution in [0.25, 0.3) is 10.2 Å². The summed E-state index contributed by atoms with van der Waals surface area (Å²) in [5.74, 6) is 0. The fourth-order valence-corrected chi connectivity index (χ4v) is 3.40. The van der Waals surface area contributed by atoms with Crippen molar-refractivity contribution in [1.29, 1.82) is 0 Å². The van der Waals surface area contributed by atoms with Crippen LogP contribution in [0.4, 0.5) is 10.5 Å². The number of anilines is 1. The van der Waals surface area contributed by atoms with Crippen molar-refractivity contribution in [3.63, 3.8) is 0 Å². The first-order chi connectivity index (χ1) is 10.7. The number of thiazole rings is 1. The topological polar surface area (TPSA) is 54.5 Å². The summed E-state index contributed by atoms with van der Waals surface area (Å²) in [6.45, 7) is 1.63. The second-order valence-corrected chi connectivity index (χ2v) is 6.55. The number of urea groups is 1. The summed E-state index contributed by atoms with van der Waals surface area (Å²) >= 11 is 1.58. The van der Waals surface area contributed by atoms with Crippen molar-refractivity contribution in [2.24, 2.45) is 0 Å². The van der Waals surface area contributed by atoms with Crippen LogP contribution < -0.4 is 5.32 Å². The van der Waals surface area contributed by atoms with Crippen LogP contribution >= 0.6 is 11.3 Å². The Morgan fingerprint density at radius 3 is 3.27 bits per heavy atom.